The molecule has 1 amide bonds. The molecule has 0 saturated carbocycles. The molecule has 0 atom stereocenters. The first-order valence-electron chi connectivity index (χ1n) is 1.17. The zero-order valence-electron chi connectivity index (χ0n) is 2.88. The standard InChI is InChI=1S/C2H3NO2S/c3-2(4)5-1-6/h1H,(H2,3,4). The van der Waals surface area contributed by atoms with Gasteiger partial charge in [0.15, 0.2) is 5.55 Å². The molecule has 0 unspecified atom stereocenters. The molecule has 0 rings (SSSR count). The highest BCUT2D eigenvalue weighted by molar-refractivity contribution is 7.78. The first kappa shape index (κ1) is 5.36. The molecule has 0 bridgehead atoms. The second kappa shape index (κ2) is 2.59. The average Bonchev–Trinajstić information content (AvgIpc) is 1.35. The van der Waals surface area contributed by atoms with Gasteiger partial charge in [-0.2, -0.15) is 0 Å². The Hall–Kier alpha value is -0.640. The summed E-state index contributed by atoms with van der Waals surface area (Å²) in [4.78, 5) is 9.50. The predicted octanol–water partition coefficient (Wildman–Crippen LogP) is 0.0389. The van der Waals surface area contributed by atoms with Gasteiger partial charge in [0, 0.05) is 0 Å². The maximum atomic E-state index is 9.50. The van der Waals surface area contributed by atoms with Gasteiger partial charge in [-0.15, -0.1) is 0 Å². The van der Waals surface area contributed by atoms with Crippen molar-refractivity contribution in [2.24, 2.45) is 5.73 Å². The van der Waals surface area contributed by atoms with Gasteiger partial charge in [0.2, 0.25) is 0 Å². The summed E-state index contributed by atoms with van der Waals surface area (Å²) in [6.45, 7) is 0. The molecule has 0 aromatic carbocycles. The number of hydrogen-bond donors (Lipinski definition) is 1. The Kier molecular flexibility index (Phi) is 2.31. The maximum absolute atomic E-state index is 9.50. The third kappa shape index (κ3) is 3.36. The van der Waals surface area contributed by atoms with Crippen LogP contribution in [0.1, 0.15) is 0 Å². The zero-order valence-corrected chi connectivity index (χ0v) is 3.70. The van der Waals surface area contributed by atoms with E-state index < -0.39 is 6.09 Å². The van der Waals surface area contributed by atoms with Crippen molar-refractivity contribution >= 4 is 23.9 Å². The van der Waals surface area contributed by atoms with E-state index in [1.54, 1.807) is 0 Å². The molecule has 0 radical (unpaired) electrons. The molecule has 0 aliphatic heterocycles. The van der Waals surface area contributed by atoms with Gasteiger partial charge in [-0.25, -0.2) is 4.79 Å². The van der Waals surface area contributed by atoms with Gasteiger partial charge in [-0.3, -0.25) is 0 Å². The van der Waals surface area contributed by atoms with Crippen LogP contribution in [-0.2, 0) is 4.74 Å². The lowest BCUT2D eigenvalue weighted by Crippen LogP contribution is -2.10. The van der Waals surface area contributed by atoms with E-state index in [-0.39, 0.29) is 0 Å². The summed E-state index contributed by atoms with van der Waals surface area (Å²) in [7, 11) is 0. The minimum atomic E-state index is -0.870. The van der Waals surface area contributed by atoms with Gasteiger partial charge >= 0.3 is 6.09 Å². The van der Waals surface area contributed by atoms with Gasteiger partial charge in [0.1, 0.15) is 0 Å². The molecule has 3 nitrogen and oxygen atoms in total. The van der Waals surface area contributed by atoms with Crippen LogP contribution in [0.2, 0.25) is 0 Å². The Morgan fingerprint density at radius 2 is 2.50 bits per heavy atom. The van der Waals surface area contributed by atoms with Crippen molar-refractivity contribution in [3.05, 3.63) is 0 Å². The second-order valence-corrected chi connectivity index (χ2v) is 0.726. The Morgan fingerprint density at radius 1 is 2.00 bits per heavy atom. The van der Waals surface area contributed by atoms with E-state index in [4.69, 9.17) is 0 Å². The van der Waals surface area contributed by atoms with E-state index in [1.807, 2.05) is 0 Å². The Morgan fingerprint density at radius 3 is 2.50 bits per heavy atom. The van der Waals surface area contributed by atoms with Gasteiger partial charge in [0.25, 0.3) is 0 Å². The molecule has 0 aliphatic rings. The molecular formula is C2H3NO2S. The topological polar surface area (TPSA) is 52.3 Å². The van der Waals surface area contributed by atoms with Crippen LogP contribution in [0.15, 0.2) is 0 Å². The number of thiocarbonyl (C=S) groups is 1. The van der Waals surface area contributed by atoms with E-state index in [0.29, 0.717) is 0 Å². The molecule has 0 saturated heterocycles. The minimum Gasteiger partial charge on any atom is -0.407 e. The van der Waals surface area contributed by atoms with E-state index in [1.165, 1.54) is 0 Å². The number of hydrogen-bond acceptors (Lipinski definition) is 3. The molecule has 0 heterocycles. The van der Waals surface area contributed by atoms with Crippen molar-refractivity contribution in [1.82, 2.24) is 0 Å². The van der Waals surface area contributed by atoms with Gasteiger partial charge < -0.3 is 10.5 Å². The van der Waals surface area contributed by atoms with Gasteiger partial charge in [0.05, 0.1) is 0 Å². The molecule has 2 N–H and O–H groups in total. The first-order valence-corrected chi connectivity index (χ1v) is 1.64. The third-order valence-electron chi connectivity index (χ3n) is 0.164. The largest absolute Gasteiger partial charge is 0.410 e. The summed E-state index contributed by atoms with van der Waals surface area (Å²) in [5, 5.41) is 0. The quantitative estimate of drug-likeness (QED) is 0.479. The summed E-state index contributed by atoms with van der Waals surface area (Å²) >= 11 is 4.08. The summed E-state index contributed by atoms with van der Waals surface area (Å²) in [6, 6.07) is 0. The Bertz CT molecular complexity index is 71.9. The van der Waals surface area contributed by atoms with Crippen LogP contribution in [0.4, 0.5) is 4.79 Å². The van der Waals surface area contributed by atoms with Crippen molar-refractivity contribution in [3.8, 4) is 0 Å². The Labute approximate surface area is 40.1 Å². The summed E-state index contributed by atoms with van der Waals surface area (Å²) < 4.78 is 3.87. The fourth-order valence-corrected chi connectivity index (χ4v) is 0.142. The molecule has 0 aromatic rings. The van der Waals surface area contributed by atoms with E-state index in [0.717, 1.165) is 5.55 Å². The lowest BCUT2D eigenvalue weighted by molar-refractivity contribution is 0.211. The van der Waals surface area contributed by atoms with Crippen LogP contribution in [0, 0.1) is 0 Å². The van der Waals surface area contributed by atoms with Gasteiger partial charge in [-0.1, -0.05) is 0 Å². The van der Waals surface area contributed by atoms with Crippen molar-refractivity contribution in [3.63, 3.8) is 0 Å². The maximum Gasteiger partial charge on any atom is 0.410 e. The van der Waals surface area contributed by atoms with Crippen LogP contribution < -0.4 is 5.73 Å². The SMILES string of the molecule is NC(=O)OC=S. The molecule has 0 aliphatic carbocycles. The number of carbonyl (C=O) groups is 1. The fraction of sp³-hybridized carbons (Fsp3) is 0. The number of rotatable bonds is 1. The van der Waals surface area contributed by atoms with Crippen LogP contribution in [0.3, 0.4) is 0 Å². The average molecular weight is 105 g/mol. The van der Waals surface area contributed by atoms with E-state index >= 15 is 0 Å². The fourth-order valence-electron chi connectivity index (χ4n) is 0.0474. The monoisotopic (exact) mass is 105 g/mol. The lowest BCUT2D eigenvalue weighted by atomic mass is 11.2. The normalized spacial score (nSPS) is 6.67. The van der Waals surface area contributed by atoms with Crippen LogP contribution in [-0.4, -0.2) is 11.6 Å². The third-order valence-corrected chi connectivity index (χ3v) is 0.260. The predicted molar refractivity (Wildman–Crippen MR) is 24.3 cm³/mol. The number of amides is 1. The van der Waals surface area contributed by atoms with Crippen LogP contribution in [0.5, 0.6) is 0 Å². The van der Waals surface area contributed by atoms with Crippen molar-refractivity contribution in [1.29, 1.82) is 0 Å². The zero-order chi connectivity index (χ0) is 4.99. The highest BCUT2D eigenvalue weighted by Crippen LogP contribution is 1.61. The van der Waals surface area contributed by atoms with Crippen LogP contribution in [0.25, 0.3) is 0 Å². The van der Waals surface area contributed by atoms with Gasteiger partial charge in [-0.05, 0) is 12.2 Å². The molecule has 34 valence electrons. The van der Waals surface area contributed by atoms with Crippen molar-refractivity contribution in [2.45, 2.75) is 0 Å². The van der Waals surface area contributed by atoms with E-state index in [9.17, 15) is 4.79 Å². The van der Waals surface area contributed by atoms with Crippen LogP contribution >= 0.6 is 12.2 Å². The number of carbonyl (C=O) groups excluding carboxylic acids is 1. The molecule has 4 heteroatoms. The Balaban J connectivity index is 3.05. The summed E-state index contributed by atoms with van der Waals surface area (Å²) in [5.41, 5.74) is 5.25. The molecule has 0 fully saturated rings. The van der Waals surface area contributed by atoms with Crippen molar-refractivity contribution < 1.29 is 9.53 Å². The number of nitrogens with two attached hydrogens (primary N) is 1. The smallest absolute Gasteiger partial charge is 0.407 e. The minimum absolute atomic E-state index is 0.808. The highest BCUT2D eigenvalue weighted by atomic mass is 32.1. The van der Waals surface area contributed by atoms with E-state index in [2.05, 4.69) is 22.7 Å². The summed E-state index contributed by atoms with van der Waals surface area (Å²) in [6.07, 6.45) is -0.870. The molecule has 0 spiro atoms. The first-order chi connectivity index (χ1) is 2.77. The lowest BCUT2D eigenvalue weighted by Gasteiger charge is -1.81. The molecule has 6 heavy (non-hydrogen) atoms. The summed E-state index contributed by atoms with van der Waals surface area (Å²) in [5.74, 6) is 0. The van der Waals surface area contributed by atoms with Crippen molar-refractivity contribution in [2.75, 3.05) is 0 Å². The molecule has 0 aromatic heterocycles. The number of ether oxygens (including phenoxy) is 1. The second-order valence-electron chi connectivity index (χ2n) is 0.533. The number of primary amides is 1. The highest BCUT2D eigenvalue weighted by Gasteiger charge is 1.80. The molecular weight excluding hydrogens is 102 g/mol.